The van der Waals surface area contributed by atoms with Gasteiger partial charge in [0.1, 0.15) is 11.9 Å². The monoisotopic (exact) mass is 259 g/mol. The van der Waals surface area contributed by atoms with Crippen LogP contribution < -0.4 is 5.32 Å². The summed E-state index contributed by atoms with van der Waals surface area (Å²) in [5, 5.41) is 3.03. The van der Waals surface area contributed by atoms with Crippen LogP contribution in [0.1, 0.15) is 25.5 Å². The van der Waals surface area contributed by atoms with Crippen molar-refractivity contribution in [1.82, 2.24) is 5.32 Å². The van der Waals surface area contributed by atoms with Crippen molar-refractivity contribution >= 4 is 17.6 Å². The largest absolute Gasteiger partial charge is 0.468 e. The minimum absolute atomic E-state index is 0.0121. The lowest BCUT2D eigenvalue weighted by Crippen LogP contribution is -2.34. The van der Waals surface area contributed by atoms with Crippen molar-refractivity contribution in [2.24, 2.45) is 0 Å². The molecule has 1 unspecified atom stereocenters. The van der Waals surface area contributed by atoms with E-state index in [2.05, 4.69) is 5.32 Å². The van der Waals surface area contributed by atoms with Gasteiger partial charge in [-0.15, -0.1) is 0 Å². The van der Waals surface area contributed by atoms with Gasteiger partial charge in [0, 0.05) is 6.04 Å². The Bertz CT molecular complexity index is 409. The summed E-state index contributed by atoms with van der Waals surface area (Å²) >= 11 is 5.69. The van der Waals surface area contributed by atoms with Gasteiger partial charge in [-0.1, -0.05) is 17.7 Å². The topological polar surface area (TPSA) is 38.3 Å². The molecule has 1 N–H and O–H groups in total. The van der Waals surface area contributed by atoms with Gasteiger partial charge in [0.2, 0.25) is 0 Å². The zero-order chi connectivity index (χ0) is 13.0. The second-order valence-electron chi connectivity index (χ2n) is 3.95. The molecule has 3 nitrogen and oxygen atoms in total. The molecule has 0 fully saturated rings. The molecule has 1 atom stereocenters. The van der Waals surface area contributed by atoms with Gasteiger partial charge >= 0.3 is 5.97 Å². The molecule has 17 heavy (non-hydrogen) atoms. The number of hydrogen-bond donors (Lipinski definition) is 1. The van der Waals surface area contributed by atoms with E-state index in [0.717, 1.165) is 0 Å². The van der Waals surface area contributed by atoms with Crippen molar-refractivity contribution in [2.75, 3.05) is 7.11 Å². The second kappa shape index (κ2) is 5.98. The van der Waals surface area contributed by atoms with Crippen molar-refractivity contribution in [3.63, 3.8) is 0 Å². The molecule has 1 aromatic carbocycles. The molecule has 0 heterocycles. The standard InChI is InChI=1S/C12H15ClFNO2/c1-7(2)15-11(12(16)17-3)8-4-5-10(14)9(13)6-8/h4-7,11,15H,1-3H3. The number of rotatable bonds is 4. The molecular formula is C12H15ClFNO2. The average Bonchev–Trinajstić information content (AvgIpc) is 2.28. The first kappa shape index (κ1) is 13.9. The summed E-state index contributed by atoms with van der Waals surface area (Å²) in [7, 11) is 1.31. The van der Waals surface area contributed by atoms with Crippen molar-refractivity contribution in [3.8, 4) is 0 Å². The fourth-order valence-corrected chi connectivity index (χ4v) is 1.63. The van der Waals surface area contributed by atoms with Crippen LogP contribution in [0.2, 0.25) is 5.02 Å². The van der Waals surface area contributed by atoms with E-state index in [4.69, 9.17) is 16.3 Å². The lowest BCUT2D eigenvalue weighted by atomic mass is 10.1. The first-order chi connectivity index (χ1) is 7.95. The molecule has 0 aliphatic heterocycles. The Balaban J connectivity index is 3.03. The van der Waals surface area contributed by atoms with Crippen LogP contribution in [0.15, 0.2) is 18.2 Å². The van der Waals surface area contributed by atoms with Crippen LogP contribution >= 0.6 is 11.6 Å². The van der Waals surface area contributed by atoms with E-state index in [1.807, 2.05) is 13.8 Å². The van der Waals surface area contributed by atoms with Gasteiger partial charge in [0.25, 0.3) is 0 Å². The number of carbonyl (C=O) groups is 1. The molecule has 0 saturated heterocycles. The fourth-order valence-electron chi connectivity index (χ4n) is 1.44. The molecule has 5 heteroatoms. The Labute approximate surface area is 105 Å². The number of ether oxygens (including phenoxy) is 1. The zero-order valence-electron chi connectivity index (χ0n) is 9.96. The van der Waals surface area contributed by atoms with Crippen LogP contribution in [0.3, 0.4) is 0 Å². The molecule has 0 amide bonds. The van der Waals surface area contributed by atoms with Gasteiger partial charge in [-0.25, -0.2) is 9.18 Å². The number of benzene rings is 1. The minimum Gasteiger partial charge on any atom is -0.468 e. The van der Waals surface area contributed by atoms with Crippen LogP contribution in [0, 0.1) is 5.82 Å². The van der Waals surface area contributed by atoms with E-state index in [9.17, 15) is 9.18 Å². The van der Waals surface area contributed by atoms with Gasteiger partial charge in [-0.3, -0.25) is 5.32 Å². The molecule has 0 aromatic heterocycles. The fraction of sp³-hybridized carbons (Fsp3) is 0.417. The maximum absolute atomic E-state index is 13.0. The van der Waals surface area contributed by atoms with Crippen LogP contribution in [0.25, 0.3) is 0 Å². The third-order valence-corrected chi connectivity index (χ3v) is 2.50. The molecule has 0 saturated carbocycles. The summed E-state index contributed by atoms with van der Waals surface area (Å²) in [4.78, 5) is 11.6. The van der Waals surface area contributed by atoms with Gasteiger partial charge in [-0.05, 0) is 31.5 Å². The molecule has 1 aromatic rings. The van der Waals surface area contributed by atoms with E-state index >= 15 is 0 Å². The first-order valence-electron chi connectivity index (χ1n) is 5.24. The average molecular weight is 260 g/mol. The number of halogens is 2. The lowest BCUT2D eigenvalue weighted by Gasteiger charge is -2.19. The second-order valence-corrected chi connectivity index (χ2v) is 4.36. The van der Waals surface area contributed by atoms with Crippen LogP contribution in [0.4, 0.5) is 4.39 Å². The number of methoxy groups -OCH3 is 1. The Morgan fingerprint density at radius 2 is 2.12 bits per heavy atom. The zero-order valence-corrected chi connectivity index (χ0v) is 10.7. The minimum atomic E-state index is -0.641. The van der Waals surface area contributed by atoms with Crippen LogP contribution in [-0.2, 0) is 9.53 Å². The number of carbonyl (C=O) groups excluding carboxylic acids is 1. The number of nitrogens with one attached hydrogen (secondary N) is 1. The van der Waals surface area contributed by atoms with Crippen LogP contribution in [-0.4, -0.2) is 19.1 Å². The number of esters is 1. The van der Waals surface area contributed by atoms with E-state index in [1.54, 1.807) is 0 Å². The van der Waals surface area contributed by atoms with Crippen LogP contribution in [0.5, 0.6) is 0 Å². The van der Waals surface area contributed by atoms with Crippen molar-refractivity contribution in [2.45, 2.75) is 25.9 Å². The molecule has 0 aliphatic carbocycles. The maximum atomic E-state index is 13.0. The van der Waals surface area contributed by atoms with Crippen molar-refractivity contribution in [1.29, 1.82) is 0 Å². The molecule has 0 spiro atoms. The molecule has 0 bridgehead atoms. The smallest absolute Gasteiger partial charge is 0.327 e. The van der Waals surface area contributed by atoms with Gasteiger partial charge < -0.3 is 4.74 Å². The van der Waals surface area contributed by atoms with Gasteiger partial charge in [0.15, 0.2) is 0 Å². The summed E-state index contributed by atoms with van der Waals surface area (Å²) in [6, 6.07) is 3.61. The van der Waals surface area contributed by atoms with E-state index in [0.29, 0.717) is 5.56 Å². The highest BCUT2D eigenvalue weighted by atomic mass is 35.5. The Hall–Kier alpha value is -1.13. The Morgan fingerprint density at radius 1 is 1.47 bits per heavy atom. The quantitative estimate of drug-likeness (QED) is 0.845. The SMILES string of the molecule is COC(=O)C(NC(C)C)c1ccc(F)c(Cl)c1. The van der Waals surface area contributed by atoms with E-state index in [-0.39, 0.29) is 11.1 Å². The molecule has 0 aliphatic rings. The molecule has 0 radical (unpaired) electrons. The van der Waals surface area contributed by atoms with E-state index in [1.165, 1.54) is 25.3 Å². The van der Waals surface area contributed by atoms with E-state index < -0.39 is 17.8 Å². The normalized spacial score (nSPS) is 12.6. The molecular weight excluding hydrogens is 245 g/mol. The highest BCUT2D eigenvalue weighted by Crippen LogP contribution is 2.22. The summed E-state index contributed by atoms with van der Waals surface area (Å²) in [6.45, 7) is 3.81. The maximum Gasteiger partial charge on any atom is 0.327 e. The van der Waals surface area contributed by atoms with Gasteiger partial charge in [-0.2, -0.15) is 0 Å². The molecule has 1 rings (SSSR count). The summed E-state index contributed by atoms with van der Waals surface area (Å²) < 4.78 is 17.7. The Morgan fingerprint density at radius 3 is 2.59 bits per heavy atom. The highest BCUT2D eigenvalue weighted by Gasteiger charge is 2.22. The Kier molecular flexibility index (Phi) is 4.90. The third-order valence-electron chi connectivity index (χ3n) is 2.21. The third kappa shape index (κ3) is 3.68. The highest BCUT2D eigenvalue weighted by molar-refractivity contribution is 6.30. The first-order valence-corrected chi connectivity index (χ1v) is 5.62. The summed E-state index contributed by atoms with van der Waals surface area (Å²) in [5.41, 5.74) is 0.581. The summed E-state index contributed by atoms with van der Waals surface area (Å²) in [6.07, 6.45) is 0. The summed E-state index contributed by atoms with van der Waals surface area (Å²) in [5.74, 6) is -0.940. The number of hydrogen-bond acceptors (Lipinski definition) is 3. The molecule has 94 valence electrons. The van der Waals surface area contributed by atoms with Gasteiger partial charge in [0.05, 0.1) is 12.1 Å². The predicted octanol–water partition coefficient (Wildman–Crippen LogP) is 2.69. The van der Waals surface area contributed by atoms with Crippen molar-refractivity contribution < 1.29 is 13.9 Å². The predicted molar refractivity (Wildman–Crippen MR) is 64.4 cm³/mol. The van der Waals surface area contributed by atoms with Crippen molar-refractivity contribution in [3.05, 3.63) is 34.6 Å². The lowest BCUT2D eigenvalue weighted by molar-refractivity contribution is -0.143.